The smallest absolute Gasteiger partial charge is 0.225 e. The fourth-order valence-electron chi connectivity index (χ4n) is 1.16. The molecule has 78 valence electrons. The van der Waals surface area contributed by atoms with Crippen LogP contribution in [0.25, 0.3) is 0 Å². The van der Waals surface area contributed by atoms with Crippen molar-refractivity contribution in [2.75, 3.05) is 5.32 Å². The Balaban J connectivity index is 2.61. The Kier molecular flexibility index (Phi) is 3.28. The van der Waals surface area contributed by atoms with Gasteiger partial charge in [-0.1, -0.05) is 13.8 Å². The molecule has 1 rings (SSSR count). The van der Waals surface area contributed by atoms with Gasteiger partial charge in [-0.2, -0.15) is 5.10 Å². The summed E-state index contributed by atoms with van der Waals surface area (Å²) in [5.41, 5.74) is 1.99. The molecule has 0 saturated carbocycles. The van der Waals surface area contributed by atoms with Gasteiger partial charge in [0.1, 0.15) is 0 Å². The first-order valence-corrected chi connectivity index (χ1v) is 4.82. The third-order valence-corrected chi connectivity index (χ3v) is 2.10. The van der Waals surface area contributed by atoms with Gasteiger partial charge in [-0.15, -0.1) is 0 Å². The molecule has 0 aliphatic carbocycles. The van der Waals surface area contributed by atoms with Gasteiger partial charge in [0.05, 0.1) is 0 Å². The summed E-state index contributed by atoms with van der Waals surface area (Å²) in [6.07, 6.45) is 0.533. The number of amides is 1. The van der Waals surface area contributed by atoms with Gasteiger partial charge < -0.3 is 5.32 Å². The zero-order chi connectivity index (χ0) is 10.7. The zero-order valence-electron chi connectivity index (χ0n) is 9.14. The molecule has 4 nitrogen and oxygen atoms in total. The third-order valence-electron chi connectivity index (χ3n) is 2.10. The van der Waals surface area contributed by atoms with Crippen molar-refractivity contribution in [3.8, 4) is 0 Å². The van der Waals surface area contributed by atoms with Crippen LogP contribution in [0.3, 0.4) is 0 Å². The van der Waals surface area contributed by atoms with Crippen molar-refractivity contribution in [1.29, 1.82) is 0 Å². The second-order valence-electron chi connectivity index (χ2n) is 3.97. The summed E-state index contributed by atoms with van der Waals surface area (Å²) in [7, 11) is 0. The van der Waals surface area contributed by atoms with E-state index in [4.69, 9.17) is 0 Å². The summed E-state index contributed by atoms with van der Waals surface area (Å²) in [6.45, 7) is 7.90. The Labute approximate surface area is 84.1 Å². The van der Waals surface area contributed by atoms with Gasteiger partial charge in [-0.3, -0.25) is 9.89 Å². The van der Waals surface area contributed by atoms with Crippen LogP contribution in [-0.2, 0) is 4.79 Å². The molecule has 14 heavy (non-hydrogen) atoms. The van der Waals surface area contributed by atoms with E-state index < -0.39 is 0 Å². The SMILES string of the molecule is Cc1[nH]nc(NC(=O)CC(C)C)c1C. The molecule has 0 aliphatic heterocycles. The average Bonchev–Trinajstić information content (AvgIpc) is 2.34. The number of rotatable bonds is 3. The van der Waals surface area contributed by atoms with Gasteiger partial charge >= 0.3 is 0 Å². The lowest BCUT2D eigenvalue weighted by molar-refractivity contribution is -0.116. The first-order valence-electron chi connectivity index (χ1n) is 4.82. The number of hydrogen-bond acceptors (Lipinski definition) is 2. The largest absolute Gasteiger partial charge is 0.309 e. The molecule has 0 aliphatic rings. The Hall–Kier alpha value is -1.32. The Morgan fingerprint density at radius 1 is 1.50 bits per heavy atom. The second-order valence-corrected chi connectivity index (χ2v) is 3.97. The topological polar surface area (TPSA) is 57.8 Å². The number of carbonyl (C=O) groups excluding carboxylic acids is 1. The summed E-state index contributed by atoms with van der Waals surface area (Å²) in [6, 6.07) is 0. The number of hydrogen-bond donors (Lipinski definition) is 2. The fraction of sp³-hybridized carbons (Fsp3) is 0.600. The minimum absolute atomic E-state index is 0.0228. The molecule has 0 fully saturated rings. The number of H-pyrrole nitrogens is 1. The average molecular weight is 195 g/mol. The molecule has 2 N–H and O–H groups in total. The number of carbonyl (C=O) groups is 1. The Morgan fingerprint density at radius 3 is 2.57 bits per heavy atom. The minimum atomic E-state index is 0.0228. The summed E-state index contributed by atoms with van der Waals surface area (Å²) in [5.74, 6) is 1.04. The number of aromatic nitrogens is 2. The zero-order valence-corrected chi connectivity index (χ0v) is 9.14. The molecule has 0 radical (unpaired) electrons. The number of anilines is 1. The van der Waals surface area contributed by atoms with E-state index in [1.807, 2.05) is 27.7 Å². The summed E-state index contributed by atoms with van der Waals surface area (Å²) in [5, 5.41) is 9.62. The molecular weight excluding hydrogens is 178 g/mol. The van der Waals surface area contributed by atoms with Crippen LogP contribution in [-0.4, -0.2) is 16.1 Å². The fourth-order valence-corrected chi connectivity index (χ4v) is 1.16. The van der Waals surface area contributed by atoms with E-state index in [1.54, 1.807) is 0 Å². The van der Waals surface area contributed by atoms with E-state index in [0.29, 0.717) is 18.2 Å². The van der Waals surface area contributed by atoms with Crippen LogP contribution in [0.5, 0.6) is 0 Å². The van der Waals surface area contributed by atoms with Crippen LogP contribution in [0.15, 0.2) is 0 Å². The van der Waals surface area contributed by atoms with Crippen molar-refractivity contribution in [2.24, 2.45) is 5.92 Å². The van der Waals surface area contributed by atoms with Crippen LogP contribution >= 0.6 is 0 Å². The minimum Gasteiger partial charge on any atom is -0.309 e. The van der Waals surface area contributed by atoms with Gasteiger partial charge in [0.2, 0.25) is 5.91 Å². The molecular formula is C10H17N3O. The van der Waals surface area contributed by atoms with Crippen molar-refractivity contribution in [3.63, 3.8) is 0 Å². The lowest BCUT2D eigenvalue weighted by Crippen LogP contribution is -2.14. The molecule has 0 atom stereocenters. The lowest BCUT2D eigenvalue weighted by Gasteiger charge is -2.04. The molecule has 0 aromatic carbocycles. The van der Waals surface area contributed by atoms with Gasteiger partial charge in [0, 0.05) is 17.7 Å². The van der Waals surface area contributed by atoms with Crippen LogP contribution in [0.4, 0.5) is 5.82 Å². The van der Waals surface area contributed by atoms with Crippen molar-refractivity contribution >= 4 is 11.7 Å². The maximum absolute atomic E-state index is 11.4. The van der Waals surface area contributed by atoms with Crippen molar-refractivity contribution in [1.82, 2.24) is 10.2 Å². The predicted octanol–water partition coefficient (Wildman–Crippen LogP) is 2.01. The third kappa shape index (κ3) is 2.58. The van der Waals surface area contributed by atoms with Gasteiger partial charge in [-0.05, 0) is 19.8 Å². The van der Waals surface area contributed by atoms with E-state index in [9.17, 15) is 4.79 Å². The maximum atomic E-state index is 11.4. The van der Waals surface area contributed by atoms with E-state index in [-0.39, 0.29) is 5.91 Å². The van der Waals surface area contributed by atoms with E-state index in [1.165, 1.54) is 0 Å². The number of aromatic amines is 1. The first-order chi connectivity index (χ1) is 6.50. The van der Waals surface area contributed by atoms with E-state index in [2.05, 4.69) is 15.5 Å². The van der Waals surface area contributed by atoms with Crippen molar-refractivity contribution < 1.29 is 4.79 Å². The Morgan fingerprint density at radius 2 is 2.14 bits per heavy atom. The van der Waals surface area contributed by atoms with Crippen LogP contribution < -0.4 is 5.32 Å². The number of aryl methyl sites for hydroxylation is 1. The molecule has 0 spiro atoms. The molecule has 1 aromatic heterocycles. The standard InChI is InChI=1S/C10H17N3O/c1-6(2)5-9(14)11-10-7(3)8(4)12-13-10/h6H,5H2,1-4H3,(H2,11,12,13,14). The quantitative estimate of drug-likeness (QED) is 0.775. The van der Waals surface area contributed by atoms with Crippen molar-refractivity contribution in [3.05, 3.63) is 11.3 Å². The molecule has 1 heterocycles. The molecule has 1 amide bonds. The van der Waals surface area contributed by atoms with E-state index >= 15 is 0 Å². The summed E-state index contributed by atoms with van der Waals surface area (Å²) >= 11 is 0. The van der Waals surface area contributed by atoms with Crippen LogP contribution in [0.2, 0.25) is 0 Å². The predicted molar refractivity (Wildman–Crippen MR) is 56.1 cm³/mol. The highest BCUT2D eigenvalue weighted by Gasteiger charge is 2.10. The summed E-state index contributed by atoms with van der Waals surface area (Å²) in [4.78, 5) is 11.4. The van der Waals surface area contributed by atoms with Gasteiger partial charge in [-0.25, -0.2) is 0 Å². The lowest BCUT2D eigenvalue weighted by atomic mass is 10.1. The number of nitrogens with one attached hydrogen (secondary N) is 2. The van der Waals surface area contributed by atoms with Gasteiger partial charge in [0.25, 0.3) is 0 Å². The Bertz CT molecular complexity index is 328. The highest BCUT2D eigenvalue weighted by atomic mass is 16.1. The molecule has 0 unspecified atom stereocenters. The highest BCUT2D eigenvalue weighted by Crippen LogP contribution is 2.14. The monoisotopic (exact) mass is 195 g/mol. The number of nitrogens with zero attached hydrogens (tertiary/aromatic N) is 1. The van der Waals surface area contributed by atoms with Crippen LogP contribution in [0, 0.1) is 19.8 Å². The van der Waals surface area contributed by atoms with Gasteiger partial charge in [0.15, 0.2) is 5.82 Å². The van der Waals surface area contributed by atoms with Crippen LogP contribution in [0.1, 0.15) is 31.5 Å². The molecule has 0 saturated heterocycles. The highest BCUT2D eigenvalue weighted by molar-refractivity contribution is 5.90. The summed E-state index contributed by atoms with van der Waals surface area (Å²) < 4.78 is 0. The first kappa shape index (κ1) is 10.8. The molecule has 4 heteroatoms. The normalized spacial score (nSPS) is 10.6. The molecule has 0 bridgehead atoms. The second kappa shape index (κ2) is 4.26. The maximum Gasteiger partial charge on any atom is 0.225 e. The van der Waals surface area contributed by atoms with E-state index in [0.717, 1.165) is 11.3 Å². The van der Waals surface area contributed by atoms with Crippen molar-refractivity contribution in [2.45, 2.75) is 34.1 Å². The molecule has 1 aromatic rings.